The minimum atomic E-state index is 0.811. The lowest BCUT2D eigenvalue weighted by atomic mass is 10.0. The van der Waals surface area contributed by atoms with Crippen LogP contribution in [-0.2, 0) is 0 Å². The Morgan fingerprint density at radius 2 is 1.58 bits per heavy atom. The van der Waals surface area contributed by atoms with Gasteiger partial charge in [-0.25, -0.2) is 0 Å². The number of aromatic nitrogens is 2. The zero-order valence-corrected chi connectivity index (χ0v) is 12.0. The van der Waals surface area contributed by atoms with E-state index < -0.39 is 0 Å². The van der Waals surface area contributed by atoms with Crippen LogP contribution in [0.2, 0.25) is 0 Å². The van der Waals surface area contributed by atoms with Crippen molar-refractivity contribution in [2.24, 2.45) is 0 Å². The van der Waals surface area contributed by atoms with E-state index in [9.17, 15) is 0 Å². The molecule has 0 aliphatic carbocycles. The van der Waals surface area contributed by atoms with Crippen molar-refractivity contribution in [2.75, 3.05) is 19.5 Å². The Morgan fingerprint density at radius 3 is 2.05 bits per heavy atom. The molecule has 100 valence electrons. The van der Waals surface area contributed by atoms with Crippen LogP contribution in [0.4, 0.5) is 5.82 Å². The summed E-state index contributed by atoms with van der Waals surface area (Å²) in [6.45, 7) is 6.10. The number of ether oxygens (including phenoxy) is 1. The Hall–Kier alpha value is -2.10. The number of rotatable bonds is 3. The van der Waals surface area contributed by atoms with Crippen molar-refractivity contribution in [2.45, 2.75) is 20.8 Å². The topological polar surface area (TPSA) is 47.0 Å². The summed E-state index contributed by atoms with van der Waals surface area (Å²) in [6.07, 6.45) is 0. The van der Waals surface area contributed by atoms with E-state index in [1.54, 1.807) is 7.11 Å². The Kier molecular flexibility index (Phi) is 3.69. The van der Waals surface area contributed by atoms with Crippen molar-refractivity contribution in [3.63, 3.8) is 0 Å². The van der Waals surface area contributed by atoms with Gasteiger partial charge in [-0.2, -0.15) is 0 Å². The van der Waals surface area contributed by atoms with E-state index >= 15 is 0 Å². The molecule has 0 bridgehead atoms. The zero-order valence-electron chi connectivity index (χ0n) is 12.0. The molecule has 0 fully saturated rings. The van der Waals surface area contributed by atoms with Crippen LogP contribution in [0, 0.1) is 20.8 Å². The number of benzene rings is 1. The van der Waals surface area contributed by atoms with E-state index in [-0.39, 0.29) is 0 Å². The van der Waals surface area contributed by atoms with Crippen LogP contribution in [0.15, 0.2) is 18.2 Å². The van der Waals surface area contributed by atoms with Gasteiger partial charge in [0.05, 0.1) is 12.8 Å². The zero-order chi connectivity index (χ0) is 14.0. The minimum Gasteiger partial charge on any atom is -0.496 e. The molecule has 0 atom stereocenters. The van der Waals surface area contributed by atoms with E-state index in [0.717, 1.165) is 39.5 Å². The number of aryl methyl sites for hydroxylation is 3. The van der Waals surface area contributed by atoms with Gasteiger partial charge in [0.1, 0.15) is 5.75 Å². The third kappa shape index (κ3) is 2.52. The van der Waals surface area contributed by atoms with Crippen LogP contribution in [0.5, 0.6) is 5.75 Å². The van der Waals surface area contributed by atoms with E-state index in [1.165, 1.54) is 0 Å². The lowest BCUT2D eigenvalue weighted by molar-refractivity contribution is 0.408. The maximum absolute atomic E-state index is 5.38. The van der Waals surface area contributed by atoms with Gasteiger partial charge in [-0.1, -0.05) is 0 Å². The van der Waals surface area contributed by atoms with E-state index in [2.05, 4.69) is 27.6 Å². The predicted molar refractivity (Wildman–Crippen MR) is 77.8 cm³/mol. The maximum Gasteiger partial charge on any atom is 0.151 e. The fourth-order valence-electron chi connectivity index (χ4n) is 2.29. The third-order valence-electron chi connectivity index (χ3n) is 3.18. The number of hydrogen-bond donors (Lipinski definition) is 1. The second-order valence-electron chi connectivity index (χ2n) is 4.65. The Bertz CT molecular complexity index is 585. The van der Waals surface area contributed by atoms with E-state index in [1.807, 2.05) is 33.9 Å². The summed E-state index contributed by atoms with van der Waals surface area (Å²) in [4.78, 5) is 0. The fraction of sp³-hybridized carbons (Fsp3) is 0.333. The number of nitrogens with zero attached hydrogens (tertiary/aromatic N) is 2. The van der Waals surface area contributed by atoms with Gasteiger partial charge in [0, 0.05) is 12.6 Å². The normalized spacial score (nSPS) is 10.4. The molecule has 0 radical (unpaired) electrons. The average Bonchev–Trinajstić information content (AvgIpc) is 2.38. The first-order chi connectivity index (χ1) is 9.06. The van der Waals surface area contributed by atoms with Crippen LogP contribution >= 0.6 is 0 Å². The third-order valence-corrected chi connectivity index (χ3v) is 3.18. The highest BCUT2D eigenvalue weighted by Gasteiger charge is 2.09. The molecule has 4 heteroatoms. The molecule has 1 aromatic carbocycles. The quantitative estimate of drug-likeness (QED) is 0.917. The summed E-state index contributed by atoms with van der Waals surface area (Å²) in [5.41, 5.74) is 5.24. The molecule has 19 heavy (non-hydrogen) atoms. The summed E-state index contributed by atoms with van der Waals surface area (Å²) in [6, 6.07) is 6.20. The lowest BCUT2D eigenvalue weighted by Crippen LogP contribution is -1.99. The van der Waals surface area contributed by atoms with Crippen molar-refractivity contribution in [1.82, 2.24) is 10.2 Å². The maximum atomic E-state index is 5.38. The van der Waals surface area contributed by atoms with Crippen molar-refractivity contribution in [1.29, 1.82) is 0 Å². The molecular formula is C15H19N3O. The first-order valence-corrected chi connectivity index (χ1v) is 6.24. The highest BCUT2D eigenvalue weighted by Crippen LogP contribution is 2.29. The summed E-state index contributed by atoms with van der Waals surface area (Å²) >= 11 is 0. The molecule has 0 saturated carbocycles. The summed E-state index contributed by atoms with van der Waals surface area (Å²) in [7, 11) is 3.54. The molecule has 0 amide bonds. The molecule has 0 aliphatic rings. The molecule has 2 aromatic rings. The minimum absolute atomic E-state index is 0.811. The van der Waals surface area contributed by atoms with Crippen LogP contribution in [0.1, 0.15) is 16.7 Å². The van der Waals surface area contributed by atoms with E-state index in [0.29, 0.717) is 0 Å². The highest BCUT2D eigenvalue weighted by molar-refractivity contribution is 5.65. The van der Waals surface area contributed by atoms with Crippen molar-refractivity contribution < 1.29 is 4.74 Å². The van der Waals surface area contributed by atoms with Crippen LogP contribution < -0.4 is 10.1 Å². The molecule has 0 aliphatic heterocycles. The Morgan fingerprint density at radius 1 is 0.947 bits per heavy atom. The van der Waals surface area contributed by atoms with Crippen LogP contribution in [0.3, 0.4) is 0 Å². The SMILES string of the molecule is CNc1nnc(-c2cc(C)c(OC)c(C)c2)cc1C. The highest BCUT2D eigenvalue weighted by atomic mass is 16.5. The second kappa shape index (κ2) is 5.26. The Balaban J connectivity index is 2.50. The number of nitrogens with one attached hydrogen (secondary N) is 1. The van der Waals surface area contributed by atoms with Gasteiger partial charge in [-0.3, -0.25) is 0 Å². The molecule has 0 saturated heterocycles. The van der Waals surface area contributed by atoms with Gasteiger partial charge in [-0.15, -0.1) is 10.2 Å². The second-order valence-corrected chi connectivity index (χ2v) is 4.65. The smallest absolute Gasteiger partial charge is 0.151 e. The van der Waals surface area contributed by atoms with Crippen molar-refractivity contribution in [3.05, 3.63) is 34.9 Å². The number of anilines is 1. The summed E-state index contributed by atoms with van der Waals surface area (Å²) in [5, 5.41) is 11.5. The van der Waals surface area contributed by atoms with Crippen LogP contribution in [-0.4, -0.2) is 24.4 Å². The van der Waals surface area contributed by atoms with Gasteiger partial charge in [-0.05, 0) is 55.7 Å². The van der Waals surface area contributed by atoms with E-state index in [4.69, 9.17) is 4.74 Å². The number of methoxy groups -OCH3 is 1. The molecule has 0 unspecified atom stereocenters. The average molecular weight is 257 g/mol. The van der Waals surface area contributed by atoms with Crippen LogP contribution in [0.25, 0.3) is 11.3 Å². The lowest BCUT2D eigenvalue weighted by Gasteiger charge is -2.11. The molecule has 1 heterocycles. The largest absolute Gasteiger partial charge is 0.496 e. The predicted octanol–water partition coefficient (Wildman–Crippen LogP) is 3.12. The standard InChI is InChI=1S/C15H19N3O/c1-9-6-12(7-10(2)14(9)19-5)13-8-11(3)15(16-4)18-17-13/h6-8H,1-5H3,(H,16,18). The first-order valence-electron chi connectivity index (χ1n) is 6.24. The summed E-state index contributed by atoms with van der Waals surface area (Å²) < 4.78 is 5.38. The van der Waals surface area contributed by atoms with Gasteiger partial charge in [0.2, 0.25) is 0 Å². The van der Waals surface area contributed by atoms with Gasteiger partial charge >= 0.3 is 0 Å². The molecular weight excluding hydrogens is 238 g/mol. The first kappa shape index (κ1) is 13.3. The molecule has 4 nitrogen and oxygen atoms in total. The van der Waals surface area contributed by atoms with Gasteiger partial charge in [0.15, 0.2) is 5.82 Å². The van der Waals surface area contributed by atoms with Crippen molar-refractivity contribution in [3.8, 4) is 17.0 Å². The van der Waals surface area contributed by atoms with Gasteiger partial charge < -0.3 is 10.1 Å². The van der Waals surface area contributed by atoms with Gasteiger partial charge in [0.25, 0.3) is 0 Å². The Labute approximate surface area is 113 Å². The monoisotopic (exact) mass is 257 g/mol. The fourth-order valence-corrected chi connectivity index (χ4v) is 2.29. The number of hydrogen-bond acceptors (Lipinski definition) is 4. The molecule has 2 rings (SSSR count). The molecule has 1 N–H and O–H groups in total. The molecule has 1 aromatic heterocycles. The van der Waals surface area contributed by atoms with Crippen molar-refractivity contribution >= 4 is 5.82 Å². The summed E-state index contributed by atoms with van der Waals surface area (Å²) in [5.74, 6) is 1.74. The molecule has 0 spiro atoms.